The molecule has 216 valence electrons. The van der Waals surface area contributed by atoms with E-state index in [2.05, 4.69) is 5.32 Å². The average molecular weight is 572 g/mol. The van der Waals surface area contributed by atoms with E-state index in [1.807, 2.05) is 24.3 Å². The smallest absolute Gasteiger partial charge is 0.416 e. The zero-order valence-electron chi connectivity index (χ0n) is 21.4. The van der Waals surface area contributed by atoms with Gasteiger partial charge in [0.25, 0.3) is 0 Å². The Balaban J connectivity index is 1.39. The number of urea groups is 1. The number of hydrogen-bond donors (Lipinski definition) is 1. The third-order valence-corrected chi connectivity index (χ3v) is 7.07. The summed E-state index contributed by atoms with van der Waals surface area (Å²) in [5.74, 6) is -0.727. The van der Waals surface area contributed by atoms with Crippen molar-refractivity contribution < 1.29 is 45.5 Å². The molecule has 7 nitrogen and oxygen atoms in total. The first-order valence-corrected chi connectivity index (χ1v) is 12.6. The molecule has 1 atom stereocenters. The van der Waals surface area contributed by atoms with E-state index in [1.54, 1.807) is 4.90 Å². The minimum absolute atomic E-state index is 0.00824. The molecule has 0 bridgehead atoms. The Morgan fingerprint density at radius 3 is 2.15 bits per heavy atom. The molecule has 1 N–H and O–H groups in total. The Labute approximate surface area is 226 Å². The van der Waals surface area contributed by atoms with Gasteiger partial charge in [-0.25, -0.2) is 9.59 Å². The number of amides is 3. The number of halogens is 6. The fraction of sp³-hybridized carbons (Fsp3) is 0.444. The number of ether oxygens (including phenoxy) is 1. The summed E-state index contributed by atoms with van der Waals surface area (Å²) in [7, 11) is 0. The number of piperidine rings is 1. The van der Waals surface area contributed by atoms with Gasteiger partial charge in [0.2, 0.25) is 0 Å². The van der Waals surface area contributed by atoms with Crippen LogP contribution in [-0.4, -0.2) is 59.5 Å². The zero-order chi connectivity index (χ0) is 29.2. The lowest BCUT2D eigenvalue weighted by Crippen LogP contribution is -2.50. The van der Waals surface area contributed by atoms with Crippen molar-refractivity contribution in [2.24, 2.45) is 0 Å². The summed E-state index contributed by atoms with van der Waals surface area (Å²) in [5, 5.41) is 2.90. The van der Waals surface area contributed by atoms with Gasteiger partial charge in [-0.15, -0.1) is 0 Å². The van der Waals surface area contributed by atoms with Crippen LogP contribution in [0.2, 0.25) is 0 Å². The van der Waals surface area contributed by atoms with Crippen molar-refractivity contribution in [2.45, 2.75) is 57.1 Å². The summed E-state index contributed by atoms with van der Waals surface area (Å²) < 4.78 is 84.5. The summed E-state index contributed by atoms with van der Waals surface area (Å²) in [6, 6.07) is 8.08. The maximum atomic E-state index is 13.2. The van der Waals surface area contributed by atoms with Crippen LogP contribution in [0.3, 0.4) is 0 Å². The van der Waals surface area contributed by atoms with Gasteiger partial charge in [-0.05, 0) is 61.6 Å². The molecule has 0 aromatic heterocycles. The number of carbonyl (C=O) groups excluding carboxylic acids is 3. The first-order valence-electron chi connectivity index (χ1n) is 12.6. The van der Waals surface area contributed by atoms with Crippen LogP contribution in [0, 0.1) is 0 Å². The van der Waals surface area contributed by atoms with Gasteiger partial charge in [0.1, 0.15) is 0 Å². The second kappa shape index (κ2) is 11.4. The van der Waals surface area contributed by atoms with E-state index in [9.17, 15) is 40.7 Å². The molecule has 2 aliphatic rings. The molecule has 1 saturated heterocycles. The van der Waals surface area contributed by atoms with Gasteiger partial charge in [0.05, 0.1) is 11.1 Å². The Kier molecular flexibility index (Phi) is 8.31. The van der Waals surface area contributed by atoms with Gasteiger partial charge < -0.3 is 19.9 Å². The van der Waals surface area contributed by atoms with Crippen LogP contribution >= 0.6 is 0 Å². The summed E-state index contributed by atoms with van der Waals surface area (Å²) in [6.45, 7) is 1.90. The van der Waals surface area contributed by atoms with Crippen LogP contribution < -0.4 is 5.32 Å². The molecule has 13 heteroatoms. The van der Waals surface area contributed by atoms with E-state index in [-0.39, 0.29) is 31.2 Å². The second-order valence-corrected chi connectivity index (χ2v) is 9.85. The molecule has 4 rings (SSSR count). The van der Waals surface area contributed by atoms with Crippen LogP contribution in [0.1, 0.15) is 42.0 Å². The van der Waals surface area contributed by atoms with Gasteiger partial charge in [-0.2, -0.15) is 26.3 Å². The first kappa shape index (κ1) is 29.2. The Bertz CT molecular complexity index is 1240. The fourth-order valence-corrected chi connectivity index (χ4v) is 4.91. The average Bonchev–Trinajstić information content (AvgIpc) is 3.05. The van der Waals surface area contributed by atoms with Crippen molar-refractivity contribution in [1.82, 2.24) is 9.80 Å². The molecular formula is C27H27F6N3O4. The quantitative estimate of drug-likeness (QED) is 0.453. The second-order valence-electron chi connectivity index (χ2n) is 9.85. The molecular weight excluding hydrogens is 544 g/mol. The number of likely N-dealkylation sites (tertiary alicyclic amines) is 1. The van der Waals surface area contributed by atoms with Crippen molar-refractivity contribution in [3.05, 3.63) is 64.7 Å². The molecule has 0 aliphatic carbocycles. The Morgan fingerprint density at radius 1 is 0.975 bits per heavy atom. The number of fused-ring (bicyclic) bond motifs is 1. The lowest BCUT2D eigenvalue weighted by atomic mass is 9.99. The number of Topliss-reactive ketones (excluding diaryl/α,β-unsaturated/α-hetero) is 1. The highest BCUT2D eigenvalue weighted by Gasteiger charge is 2.38. The topological polar surface area (TPSA) is 79.0 Å². The summed E-state index contributed by atoms with van der Waals surface area (Å²) in [4.78, 5) is 40.8. The number of nitrogens with one attached hydrogen (secondary N) is 1. The van der Waals surface area contributed by atoms with Crippen LogP contribution in [0.4, 0.5) is 41.6 Å². The number of hydrogen-bond acceptors (Lipinski definition) is 4. The first-order chi connectivity index (χ1) is 18.7. The maximum Gasteiger partial charge on any atom is 0.416 e. The highest BCUT2D eigenvalue weighted by atomic mass is 19.4. The van der Waals surface area contributed by atoms with Gasteiger partial charge >= 0.3 is 24.5 Å². The van der Waals surface area contributed by atoms with Crippen LogP contribution in [0.15, 0.2) is 42.5 Å². The molecule has 2 aromatic carbocycles. The Hall–Kier alpha value is -3.77. The molecule has 2 heterocycles. The lowest BCUT2D eigenvalue weighted by molar-refractivity contribution is -0.143. The maximum absolute atomic E-state index is 13.2. The normalized spacial score (nSPS) is 17.5. The van der Waals surface area contributed by atoms with E-state index in [0.29, 0.717) is 37.9 Å². The SMILES string of the molecule is CC(=O)[C@@H](Cc1cc(C(F)(F)F)cc(C(F)(F)F)c1)OC(=O)N1CCC(N2CCc3ccccc3NC2=O)CC1. The zero-order valence-corrected chi connectivity index (χ0v) is 21.4. The summed E-state index contributed by atoms with van der Waals surface area (Å²) >= 11 is 0. The van der Waals surface area contributed by atoms with Crippen molar-refractivity contribution in [2.75, 3.05) is 25.0 Å². The molecule has 40 heavy (non-hydrogen) atoms. The monoisotopic (exact) mass is 571 g/mol. The summed E-state index contributed by atoms with van der Waals surface area (Å²) in [5.41, 5.74) is -1.73. The van der Waals surface area contributed by atoms with Crippen molar-refractivity contribution >= 4 is 23.6 Å². The number of benzene rings is 2. The number of anilines is 1. The number of ketones is 1. The van der Waals surface area contributed by atoms with Crippen LogP contribution in [0.25, 0.3) is 0 Å². The van der Waals surface area contributed by atoms with Crippen molar-refractivity contribution in [1.29, 1.82) is 0 Å². The molecule has 0 unspecified atom stereocenters. The van der Waals surface area contributed by atoms with E-state index < -0.39 is 53.4 Å². The van der Waals surface area contributed by atoms with Gasteiger partial charge in [0.15, 0.2) is 11.9 Å². The summed E-state index contributed by atoms with van der Waals surface area (Å²) in [6.07, 6.45) is -11.7. The number of alkyl halides is 6. The number of carbonyl (C=O) groups is 3. The highest BCUT2D eigenvalue weighted by molar-refractivity contribution is 5.91. The van der Waals surface area contributed by atoms with Gasteiger partial charge in [-0.1, -0.05) is 18.2 Å². The standard InChI is InChI=1S/C27H27F6N3O4/c1-16(37)23(14-17-12-19(26(28,29)30)15-20(13-17)27(31,32)33)40-25(39)35-9-7-21(8-10-35)36-11-6-18-4-2-3-5-22(18)34-24(36)38/h2-5,12-13,15,21,23H,6-11,14H2,1H3,(H,34,38)/t23-/m1/s1. The van der Waals surface area contributed by atoms with Crippen molar-refractivity contribution in [3.8, 4) is 0 Å². The fourth-order valence-electron chi connectivity index (χ4n) is 4.91. The van der Waals surface area contributed by atoms with Crippen LogP contribution in [0.5, 0.6) is 0 Å². The molecule has 2 aromatic rings. The predicted octanol–water partition coefficient (Wildman–Crippen LogP) is 5.92. The van der Waals surface area contributed by atoms with E-state index in [1.165, 1.54) is 4.90 Å². The van der Waals surface area contributed by atoms with Gasteiger partial charge in [0, 0.05) is 37.8 Å². The van der Waals surface area contributed by atoms with E-state index in [0.717, 1.165) is 18.2 Å². The number of rotatable bonds is 5. The largest absolute Gasteiger partial charge is 0.438 e. The van der Waals surface area contributed by atoms with Gasteiger partial charge in [-0.3, -0.25) is 4.79 Å². The van der Waals surface area contributed by atoms with Crippen molar-refractivity contribution in [3.63, 3.8) is 0 Å². The minimum atomic E-state index is -5.05. The number of para-hydroxylation sites is 1. The van der Waals surface area contributed by atoms with E-state index in [4.69, 9.17) is 4.74 Å². The minimum Gasteiger partial charge on any atom is -0.438 e. The molecule has 0 radical (unpaired) electrons. The molecule has 0 saturated carbocycles. The lowest BCUT2D eigenvalue weighted by Gasteiger charge is -2.37. The van der Waals surface area contributed by atoms with E-state index >= 15 is 0 Å². The molecule has 1 fully saturated rings. The molecule has 0 spiro atoms. The Morgan fingerprint density at radius 2 is 1.57 bits per heavy atom. The molecule has 2 aliphatic heterocycles. The predicted molar refractivity (Wildman–Crippen MR) is 132 cm³/mol. The number of nitrogens with zero attached hydrogens (tertiary/aromatic N) is 2. The van der Waals surface area contributed by atoms with Crippen LogP contribution in [-0.2, 0) is 34.7 Å². The molecule has 3 amide bonds. The third kappa shape index (κ3) is 6.86. The highest BCUT2D eigenvalue weighted by Crippen LogP contribution is 2.36. The third-order valence-electron chi connectivity index (χ3n) is 7.07.